The number of ether oxygens (including phenoxy) is 1. The number of rotatable bonds is 5. The Bertz CT molecular complexity index is 1050. The summed E-state index contributed by atoms with van der Waals surface area (Å²) in [6, 6.07) is 13.1. The molecule has 2 heterocycles. The number of hydrogen-bond acceptors (Lipinski definition) is 3. The second kappa shape index (κ2) is 7.77. The molecule has 1 fully saturated rings. The monoisotopic (exact) mass is 373 g/mol. The van der Waals surface area contributed by atoms with Crippen LogP contribution in [0.5, 0.6) is 5.75 Å². The van der Waals surface area contributed by atoms with E-state index >= 15 is 0 Å². The van der Waals surface area contributed by atoms with E-state index in [9.17, 15) is 4.79 Å². The summed E-state index contributed by atoms with van der Waals surface area (Å²) in [6.07, 6.45) is 8.22. The molecule has 1 aliphatic heterocycles. The van der Waals surface area contributed by atoms with Gasteiger partial charge in [-0.2, -0.15) is 0 Å². The average molecular weight is 373 g/mol. The van der Waals surface area contributed by atoms with Gasteiger partial charge in [0.25, 0.3) is 5.91 Å². The fourth-order valence-corrected chi connectivity index (χ4v) is 3.71. The van der Waals surface area contributed by atoms with Crippen molar-refractivity contribution in [1.82, 2.24) is 14.9 Å². The number of aromatic nitrogens is 2. The van der Waals surface area contributed by atoms with E-state index in [1.807, 2.05) is 54.3 Å². The molecule has 5 nitrogen and oxygen atoms in total. The second-order valence-corrected chi connectivity index (χ2v) is 7.00. The molecule has 2 aromatic carbocycles. The van der Waals surface area contributed by atoms with Crippen LogP contribution in [-0.4, -0.2) is 33.9 Å². The number of para-hydroxylation sites is 1. The number of nitrogens with zero attached hydrogens (tertiary/aromatic N) is 2. The van der Waals surface area contributed by atoms with Crippen molar-refractivity contribution in [1.29, 1.82) is 0 Å². The minimum absolute atomic E-state index is 0.0148. The number of carbonyl (C=O) groups excluding carboxylic acids is 1. The summed E-state index contributed by atoms with van der Waals surface area (Å²) in [5.74, 6) is 4.08. The Kier molecular flexibility index (Phi) is 5.03. The maximum atomic E-state index is 13.3. The van der Waals surface area contributed by atoms with Crippen LogP contribution in [0.25, 0.3) is 11.0 Å². The van der Waals surface area contributed by atoms with Gasteiger partial charge in [-0.05, 0) is 49.6 Å². The standard InChI is InChI=1S/C23H23N3O2/c1-3-14-28-21-10-6-5-8-17(21)23(27)26-13-7-9-20(26)22-24-18-12-11-16(4-2)15-19(18)25-22/h2,5-6,8,10-12,15,20H,3,7,9,13-14H2,1H3,(H,24,25)/t20-/m0/s1. The van der Waals surface area contributed by atoms with Crippen molar-refractivity contribution < 1.29 is 9.53 Å². The molecule has 1 N–H and O–H groups in total. The van der Waals surface area contributed by atoms with Crippen molar-refractivity contribution in [2.75, 3.05) is 13.2 Å². The Morgan fingerprint density at radius 1 is 1.36 bits per heavy atom. The number of hydrogen-bond donors (Lipinski definition) is 1. The number of terminal acetylenes is 1. The van der Waals surface area contributed by atoms with E-state index in [1.165, 1.54) is 0 Å². The first-order valence-electron chi connectivity index (χ1n) is 9.70. The molecule has 1 aromatic heterocycles. The van der Waals surface area contributed by atoms with Crippen LogP contribution in [0.4, 0.5) is 0 Å². The Balaban J connectivity index is 1.64. The van der Waals surface area contributed by atoms with Gasteiger partial charge in [0.1, 0.15) is 11.6 Å². The van der Waals surface area contributed by atoms with Gasteiger partial charge in [-0.25, -0.2) is 4.98 Å². The van der Waals surface area contributed by atoms with Crippen LogP contribution < -0.4 is 4.74 Å². The molecule has 0 bridgehead atoms. The molecule has 142 valence electrons. The van der Waals surface area contributed by atoms with E-state index in [1.54, 1.807) is 0 Å². The molecule has 28 heavy (non-hydrogen) atoms. The number of H-pyrrole nitrogens is 1. The molecule has 1 amide bonds. The summed E-state index contributed by atoms with van der Waals surface area (Å²) in [6.45, 7) is 3.35. The third kappa shape index (κ3) is 3.34. The Morgan fingerprint density at radius 2 is 2.21 bits per heavy atom. The van der Waals surface area contributed by atoms with E-state index < -0.39 is 0 Å². The number of carbonyl (C=O) groups is 1. The van der Waals surface area contributed by atoms with Crippen molar-refractivity contribution in [3.8, 4) is 18.1 Å². The molecule has 0 unspecified atom stereocenters. The number of nitrogens with one attached hydrogen (secondary N) is 1. The molecule has 1 aliphatic rings. The Morgan fingerprint density at radius 3 is 3.04 bits per heavy atom. The molecule has 3 aromatic rings. The summed E-state index contributed by atoms with van der Waals surface area (Å²) < 4.78 is 5.79. The molecule has 0 spiro atoms. The van der Waals surface area contributed by atoms with Crippen LogP contribution in [0.3, 0.4) is 0 Å². The summed E-state index contributed by atoms with van der Waals surface area (Å²) in [5.41, 5.74) is 3.18. The molecule has 1 saturated heterocycles. The lowest BCUT2D eigenvalue weighted by atomic mass is 10.1. The third-order valence-electron chi connectivity index (χ3n) is 5.08. The van der Waals surface area contributed by atoms with Gasteiger partial charge < -0.3 is 14.6 Å². The summed E-state index contributed by atoms with van der Waals surface area (Å²) in [7, 11) is 0. The van der Waals surface area contributed by atoms with Crippen molar-refractivity contribution in [2.45, 2.75) is 32.2 Å². The molecule has 0 aliphatic carbocycles. The molecule has 5 heteroatoms. The zero-order chi connectivity index (χ0) is 19.5. The predicted molar refractivity (Wildman–Crippen MR) is 109 cm³/mol. The normalized spacial score (nSPS) is 16.3. The van der Waals surface area contributed by atoms with E-state index in [2.05, 4.69) is 10.9 Å². The summed E-state index contributed by atoms with van der Waals surface area (Å²) >= 11 is 0. The highest BCUT2D eigenvalue weighted by molar-refractivity contribution is 5.97. The first-order chi connectivity index (χ1) is 13.7. The fraction of sp³-hybridized carbons (Fsp3) is 0.304. The van der Waals surface area contributed by atoms with Crippen molar-refractivity contribution in [3.05, 3.63) is 59.4 Å². The van der Waals surface area contributed by atoms with E-state index in [-0.39, 0.29) is 11.9 Å². The molecule has 1 atom stereocenters. The van der Waals surface area contributed by atoms with Crippen molar-refractivity contribution in [2.24, 2.45) is 0 Å². The molecule has 4 rings (SSSR count). The number of imidazole rings is 1. The smallest absolute Gasteiger partial charge is 0.258 e. The molecule has 0 radical (unpaired) electrons. The lowest BCUT2D eigenvalue weighted by Crippen LogP contribution is -2.31. The highest BCUT2D eigenvalue weighted by Gasteiger charge is 2.33. The van der Waals surface area contributed by atoms with Gasteiger partial charge in [-0.15, -0.1) is 6.42 Å². The van der Waals surface area contributed by atoms with Crippen LogP contribution in [0.1, 0.15) is 54.0 Å². The number of benzene rings is 2. The van der Waals surface area contributed by atoms with Crippen LogP contribution in [0.15, 0.2) is 42.5 Å². The van der Waals surface area contributed by atoms with Gasteiger partial charge in [-0.1, -0.05) is 25.0 Å². The van der Waals surface area contributed by atoms with Crippen LogP contribution in [-0.2, 0) is 0 Å². The quantitative estimate of drug-likeness (QED) is 0.678. The van der Waals surface area contributed by atoms with Gasteiger partial charge in [0.2, 0.25) is 0 Å². The highest BCUT2D eigenvalue weighted by Crippen LogP contribution is 2.34. The first kappa shape index (κ1) is 18.1. The number of aromatic amines is 1. The second-order valence-electron chi connectivity index (χ2n) is 7.00. The van der Waals surface area contributed by atoms with Crippen LogP contribution >= 0.6 is 0 Å². The highest BCUT2D eigenvalue weighted by atomic mass is 16.5. The van der Waals surface area contributed by atoms with Gasteiger partial charge in [0.05, 0.1) is 29.2 Å². The van der Waals surface area contributed by atoms with E-state index in [0.717, 1.165) is 41.7 Å². The SMILES string of the molecule is C#Cc1ccc2nc([C@@H]3CCCN3C(=O)c3ccccc3OCCC)[nH]c2c1. The van der Waals surface area contributed by atoms with Crippen molar-refractivity contribution in [3.63, 3.8) is 0 Å². The average Bonchev–Trinajstić information content (AvgIpc) is 3.37. The first-order valence-corrected chi connectivity index (χ1v) is 9.70. The van der Waals surface area contributed by atoms with Gasteiger partial charge in [0, 0.05) is 12.1 Å². The minimum atomic E-state index is -0.0755. The molecular weight excluding hydrogens is 350 g/mol. The zero-order valence-corrected chi connectivity index (χ0v) is 15.9. The third-order valence-corrected chi connectivity index (χ3v) is 5.08. The number of amides is 1. The maximum Gasteiger partial charge on any atom is 0.258 e. The van der Waals surface area contributed by atoms with Gasteiger partial charge in [-0.3, -0.25) is 4.79 Å². The van der Waals surface area contributed by atoms with Crippen LogP contribution in [0, 0.1) is 12.3 Å². The molecular formula is C23H23N3O2. The Labute approximate surface area is 164 Å². The molecule has 0 saturated carbocycles. The van der Waals surface area contributed by atoms with Gasteiger partial charge >= 0.3 is 0 Å². The van der Waals surface area contributed by atoms with E-state index in [4.69, 9.17) is 16.1 Å². The number of likely N-dealkylation sites (tertiary alicyclic amines) is 1. The largest absolute Gasteiger partial charge is 0.493 e. The minimum Gasteiger partial charge on any atom is -0.493 e. The Hall–Kier alpha value is -3.26. The maximum absolute atomic E-state index is 13.3. The summed E-state index contributed by atoms with van der Waals surface area (Å²) in [4.78, 5) is 23.3. The zero-order valence-electron chi connectivity index (χ0n) is 15.9. The lowest BCUT2D eigenvalue weighted by Gasteiger charge is -2.24. The van der Waals surface area contributed by atoms with Crippen molar-refractivity contribution >= 4 is 16.9 Å². The topological polar surface area (TPSA) is 58.2 Å². The van der Waals surface area contributed by atoms with E-state index in [0.29, 0.717) is 24.5 Å². The van der Waals surface area contributed by atoms with Gasteiger partial charge in [0.15, 0.2) is 0 Å². The predicted octanol–water partition coefficient (Wildman–Crippen LogP) is 4.31. The van der Waals surface area contributed by atoms with Crippen LogP contribution in [0.2, 0.25) is 0 Å². The summed E-state index contributed by atoms with van der Waals surface area (Å²) in [5, 5.41) is 0. The lowest BCUT2D eigenvalue weighted by molar-refractivity contribution is 0.0726. The number of fused-ring (bicyclic) bond motifs is 1. The fourth-order valence-electron chi connectivity index (χ4n) is 3.71.